The maximum Gasteiger partial charge on any atom is 0.410 e. The molecule has 2 rings (SSSR count). The Morgan fingerprint density at radius 2 is 2.00 bits per heavy atom. The van der Waals surface area contributed by atoms with Gasteiger partial charge in [-0.15, -0.1) is 0 Å². The highest BCUT2D eigenvalue weighted by Gasteiger charge is 2.28. The average molecular weight is 336 g/mol. The number of piperidine rings is 1. The molecule has 1 aliphatic heterocycles. The molecule has 23 heavy (non-hydrogen) atoms. The number of likely N-dealkylation sites (tertiary alicyclic amines) is 1. The summed E-state index contributed by atoms with van der Waals surface area (Å²) in [5.74, 6) is 0.191. The van der Waals surface area contributed by atoms with Crippen LogP contribution in [0, 0.1) is 11.3 Å². The fourth-order valence-corrected chi connectivity index (χ4v) is 2.99. The second-order valence-corrected chi connectivity index (χ2v) is 7.20. The van der Waals surface area contributed by atoms with Gasteiger partial charge in [-0.1, -0.05) is 11.6 Å². The lowest BCUT2D eigenvalue weighted by atomic mass is 9.88. The van der Waals surface area contributed by atoms with Gasteiger partial charge in [0.25, 0.3) is 0 Å². The van der Waals surface area contributed by atoms with Gasteiger partial charge in [0.1, 0.15) is 5.60 Å². The van der Waals surface area contributed by atoms with Crippen molar-refractivity contribution in [3.8, 4) is 6.07 Å². The Labute approximate surface area is 142 Å². The summed E-state index contributed by atoms with van der Waals surface area (Å²) in [5.41, 5.74) is 7.22. The van der Waals surface area contributed by atoms with E-state index < -0.39 is 5.60 Å². The lowest BCUT2D eigenvalue weighted by Gasteiger charge is -2.34. The number of nitrogens with zero attached hydrogens (tertiary/aromatic N) is 2. The summed E-state index contributed by atoms with van der Waals surface area (Å²) in [6, 6.07) is 5.49. The molecule has 6 heteroatoms. The van der Waals surface area contributed by atoms with Crippen LogP contribution in [0.4, 0.5) is 10.5 Å². The van der Waals surface area contributed by atoms with E-state index in [4.69, 9.17) is 27.3 Å². The third-order valence-electron chi connectivity index (χ3n) is 3.84. The molecule has 1 saturated heterocycles. The third-order valence-corrected chi connectivity index (χ3v) is 4.28. The zero-order valence-electron chi connectivity index (χ0n) is 13.7. The van der Waals surface area contributed by atoms with Crippen LogP contribution < -0.4 is 5.73 Å². The number of anilines is 1. The fourth-order valence-electron chi connectivity index (χ4n) is 2.73. The highest BCUT2D eigenvalue weighted by Crippen LogP contribution is 2.36. The summed E-state index contributed by atoms with van der Waals surface area (Å²) in [7, 11) is 0. The SMILES string of the molecule is CC(C)(C)OC(=O)N1CCC(c2cc(C#N)cc(N)c2Cl)CC1. The Morgan fingerprint density at radius 3 is 2.52 bits per heavy atom. The predicted octanol–water partition coefficient (Wildman–Crippen LogP) is 3.91. The molecule has 0 radical (unpaired) electrons. The highest BCUT2D eigenvalue weighted by atomic mass is 35.5. The molecule has 1 aromatic carbocycles. The van der Waals surface area contributed by atoms with Crippen molar-refractivity contribution < 1.29 is 9.53 Å². The van der Waals surface area contributed by atoms with Gasteiger partial charge in [0.2, 0.25) is 0 Å². The molecule has 0 aromatic heterocycles. The maximum absolute atomic E-state index is 12.1. The third kappa shape index (κ3) is 4.29. The number of nitrogen functional groups attached to an aromatic ring is 1. The van der Waals surface area contributed by atoms with Gasteiger partial charge < -0.3 is 15.4 Å². The van der Waals surface area contributed by atoms with Crippen LogP contribution >= 0.6 is 11.6 Å². The van der Waals surface area contributed by atoms with Crippen LogP contribution in [0.3, 0.4) is 0 Å². The predicted molar refractivity (Wildman–Crippen MR) is 90.4 cm³/mol. The van der Waals surface area contributed by atoms with E-state index >= 15 is 0 Å². The molecular formula is C17H22ClN3O2. The normalized spacial score (nSPS) is 16.0. The molecule has 0 aliphatic carbocycles. The first-order valence-electron chi connectivity index (χ1n) is 7.68. The molecule has 1 aromatic rings. The number of halogens is 1. The van der Waals surface area contributed by atoms with E-state index in [2.05, 4.69) is 6.07 Å². The molecule has 0 spiro atoms. The molecule has 0 bridgehead atoms. The van der Waals surface area contributed by atoms with Crippen LogP contribution in [0.5, 0.6) is 0 Å². The van der Waals surface area contributed by atoms with Crippen molar-refractivity contribution in [1.82, 2.24) is 4.90 Å². The van der Waals surface area contributed by atoms with Gasteiger partial charge in [0, 0.05) is 13.1 Å². The average Bonchev–Trinajstić information content (AvgIpc) is 2.48. The van der Waals surface area contributed by atoms with Crippen LogP contribution in [0.25, 0.3) is 0 Å². The first-order valence-corrected chi connectivity index (χ1v) is 8.06. The fraction of sp³-hybridized carbons (Fsp3) is 0.529. The number of carbonyl (C=O) groups is 1. The summed E-state index contributed by atoms with van der Waals surface area (Å²) in [6.45, 7) is 6.77. The number of nitriles is 1. The maximum atomic E-state index is 12.1. The zero-order valence-corrected chi connectivity index (χ0v) is 14.5. The van der Waals surface area contributed by atoms with Gasteiger partial charge in [-0.25, -0.2) is 4.79 Å². The number of rotatable bonds is 1. The molecule has 0 atom stereocenters. The van der Waals surface area contributed by atoms with E-state index in [1.807, 2.05) is 20.8 Å². The Balaban J connectivity index is 2.07. The van der Waals surface area contributed by atoms with E-state index in [0.29, 0.717) is 29.4 Å². The van der Waals surface area contributed by atoms with Gasteiger partial charge in [0.05, 0.1) is 22.3 Å². The molecule has 2 N–H and O–H groups in total. The van der Waals surface area contributed by atoms with E-state index in [1.54, 1.807) is 17.0 Å². The van der Waals surface area contributed by atoms with Gasteiger partial charge in [0.15, 0.2) is 0 Å². The molecule has 1 amide bonds. The standard InChI is InChI=1S/C17H22ClN3O2/c1-17(2,3)23-16(22)21-6-4-12(5-7-21)13-8-11(10-19)9-14(20)15(13)18/h8-9,12H,4-7,20H2,1-3H3. The summed E-state index contributed by atoms with van der Waals surface area (Å²) in [5, 5.41) is 9.59. The zero-order chi connectivity index (χ0) is 17.2. The minimum Gasteiger partial charge on any atom is -0.444 e. The van der Waals surface area contributed by atoms with E-state index in [-0.39, 0.29) is 12.0 Å². The number of amides is 1. The molecule has 0 saturated carbocycles. The number of carbonyl (C=O) groups excluding carboxylic acids is 1. The van der Waals surface area contributed by atoms with Crippen LogP contribution in [-0.2, 0) is 4.74 Å². The Hall–Kier alpha value is -1.93. The molecule has 5 nitrogen and oxygen atoms in total. The van der Waals surface area contributed by atoms with Crippen LogP contribution in [-0.4, -0.2) is 29.7 Å². The quantitative estimate of drug-likeness (QED) is 0.789. The number of hydrogen-bond acceptors (Lipinski definition) is 4. The molecule has 0 unspecified atom stereocenters. The monoisotopic (exact) mass is 335 g/mol. The van der Waals surface area contributed by atoms with Gasteiger partial charge in [-0.2, -0.15) is 5.26 Å². The van der Waals surface area contributed by atoms with E-state index in [0.717, 1.165) is 18.4 Å². The summed E-state index contributed by atoms with van der Waals surface area (Å²) < 4.78 is 5.40. The van der Waals surface area contributed by atoms with Crippen molar-refractivity contribution in [1.29, 1.82) is 5.26 Å². The molecule has 1 aliphatic rings. The van der Waals surface area contributed by atoms with E-state index in [9.17, 15) is 4.79 Å². The summed E-state index contributed by atoms with van der Waals surface area (Å²) >= 11 is 6.30. The Morgan fingerprint density at radius 1 is 1.39 bits per heavy atom. The lowest BCUT2D eigenvalue weighted by molar-refractivity contribution is 0.0205. The summed E-state index contributed by atoms with van der Waals surface area (Å²) in [6.07, 6.45) is 1.26. The van der Waals surface area contributed by atoms with Crippen molar-refractivity contribution in [2.45, 2.75) is 45.1 Å². The van der Waals surface area contributed by atoms with Crippen LogP contribution in [0.15, 0.2) is 12.1 Å². The van der Waals surface area contributed by atoms with Crippen molar-refractivity contribution in [3.05, 3.63) is 28.3 Å². The Bertz CT molecular complexity index is 638. The second kappa shape index (κ2) is 6.67. The second-order valence-electron chi connectivity index (χ2n) is 6.82. The van der Waals surface area contributed by atoms with Crippen LogP contribution in [0.2, 0.25) is 5.02 Å². The van der Waals surface area contributed by atoms with Crippen molar-refractivity contribution in [2.75, 3.05) is 18.8 Å². The van der Waals surface area contributed by atoms with Gasteiger partial charge >= 0.3 is 6.09 Å². The molecule has 1 fully saturated rings. The Kier molecular flexibility index (Phi) is 5.06. The first-order chi connectivity index (χ1) is 10.7. The topological polar surface area (TPSA) is 79.3 Å². The van der Waals surface area contributed by atoms with Crippen molar-refractivity contribution >= 4 is 23.4 Å². The number of hydrogen-bond donors (Lipinski definition) is 1. The minimum absolute atomic E-state index is 0.191. The van der Waals surface area contributed by atoms with Crippen molar-refractivity contribution in [3.63, 3.8) is 0 Å². The largest absolute Gasteiger partial charge is 0.444 e. The number of nitrogens with two attached hydrogens (primary N) is 1. The first kappa shape index (κ1) is 17.4. The lowest BCUT2D eigenvalue weighted by Crippen LogP contribution is -2.41. The van der Waals surface area contributed by atoms with E-state index in [1.165, 1.54) is 0 Å². The minimum atomic E-state index is -0.493. The van der Waals surface area contributed by atoms with Gasteiger partial charge in [-0.3, -0.25) is 0 Å². The molecule has 1 heterocycles. The molecular weight excluding hydrogens is 314 g/mol. The number of ether oxygens (including phenoxy) is 1. The highest BCUT2D eigenvalue weighted by molar-refractivity contribution is 6.34. The number of benzene rings is 1. The smallest absolute Gasteiger partial charge is 0.410 e. The van der Waals surface area contributed by atoms with Crippen LogP contribution in [0.1, 0.15) is 50.7 Å². The molecule has 124 valence electrons. The van der Waals surface area contributed by atoms with Gasteiger partial charge in [-0.05, 0) is 57.2 Å². The summed E-state index contributed by atoms with van der Waals surface area (Å²) in [4.78, 5) is 13.8. The van der Waals surface area contributed by atoms with Crippen molar-refractivity contribution in [2.24, 2.45) is 0 Å².